The van der Waals surface area contributed by atoms with Crippen LogP contribution in [0.25, 0.3) is 0 Å². The van der Waals surface area contributed by atoms with Gasteiger partial charge in [0.15, 0.2) is 0 Å². The molecule has 0 aromatic heterocycles. The second-order valence-corrected chi connectivity index (χ2v) is 6.48. The molecule has 0 heterocycles. The van der Waals surface area contributed by atoms with Gasteiger partial charge in [-0.2, -0.15) is 0 Å². The molecule has 0 unspecified atom stereocenters. The van der Waals surface area contributed by atoms with Crippen molar-refractivity contribution in [3.05, 3.63) is 23.8 Å². The van der Waals surface area contributed by atoms with Crippen molar-refractivity contribution in [3.63, 3.8) is 0 Å². The number of carbonyl (C=O) groups is 1. The molecule has 1 aliphatic rings. The van der Waals surface area contributed by atoms with Gasteiger partial charge in [-0.1, -0.05) is 25.3 Å². The van der Waals surface area contributed by atoms with E-state index in [4.69, 9.17) is 5.73 Å². The van der Waals surface area contributed by atoms with E-state index in [2.05, 4.69) is 5.32 Å². The first kappa shape index (κ1) is 14.3. The molecule has 1 fully saturated rings. The number of nitrogens with one attached hydrogen (secondary N) is 1. The van der Waals surface area contributed by atoms with E-state index in [1.54, 1.807) is 11.8 Å². The van der Waals surface area contributed by atoms with Crippen LogP contribution in [0.3, 0.4) is 0 Å². The highest BCUT2D eigenvalue weighted by Crippen LogP contribution is 2.28. The Morgan fingerprint density at radius 2 is 2.11 bits per heavy atom. The molecular formula is C15H22N2OS. The van der Waals surface area contributed by atoms with Crippen LogP contribution in [0.5, 0.6) is 0 Å². The second kappa shape index (κ2) is 6.85. The van der Waals surface area contributed by atoms with Crippen LogP contribution in [-0.2, 0) is 4.79 Å². The Labute approximate surface area is 119 Å². The fourth-order valence-corrected chi connectivity index (χ4v) is 3.47. The van der Waals surface area contributed by atoms with Gasteiger partial charge in [0.2, 0.25) is 5.91 Å². The minimum absolute atomic E-state index is 0.0684. The van der Waals surface area contributed by atoms with Gasteiger partial charge in [0, 0.05) is 16.6 Å². The van der Waals surface area contributed by atoms with E-state index in [1.807, 2.05) is 25.1 Å². The van der Waals surface area contributed by atoms with Gasteiger partial charge in [-0.05, 0) is 37.5 Å². The summed E-state index contributed by atoms with van der Waals surface area (Å²) in [5.74, 6) is 0.608. The average Bonchev–Trinajstić information content (AvgIpc) is 2.42. The highest BCUT2D eigenvalue weighted by atomic mass is 32.2. The Morgan fingerprint density at radius 1 is 1.37 bits per heavy atom. The zero-order chi connectivity index (χ0) is 13.7. The third kappa shape index (κ3) is 4.46. The number of amides is 1. The summed E-state index contributed by atoms with van der Waals surface area (Å²) in [5.41, 5.74) is 8.38. The van der Waals surface area contributed by atoms with E-state index < -0.39 is 0 Å². The summed E-state index contributed by atoms with van der Waals surface area (Å²) in [5, 5.41) is 3.58. The molecule has 104 valence electrons. The minimum atomic E-state index is 0.0684. The molecule has 3 nitrogen and oxygen atoms in total. The minimum Gasteiger partial charge on any atom is -0.398 e. The van der Waals surface area contributed by atoms with E-state index in [0.29, 0.717) is 11.0 Å². The van der Waals surface area contributed by atoms with E-state index in [-0.39, 0.29) is 5.91 Å². The van der Waals surface area contributed by atoms with Gasteiger partial charge >= 0.3 is 0 Å². The number of nitrogens with two attached hydrogens (primary N) is 1. The Morgan fingerprint density at radius 3 is 2.79 bits per heavy atom. The van der Waals surface area contributed by atoms with Gasteiger partial charge in [-0.3, -0.25) is 4.79 Å². The van der Waals surface area contributed by atoms with Crippen molar-refractivity contribution in [2.24, 2.45) is 0 Å². The number of hydrogen-bond donors (Lipinski definition) is 2. The lowest BCUT2D eigenvalue weighted by Crippen LogP contribution is -2.18. The predicted molar refractivity (Wildman–Crippen MR) is 83.6 cm³/mol. The number of thioether (sulfide) groups is 1. The van der Waals surface area contributed by atoms with Crippen LogP contribution in [0.15, 0.2) is 18.2 Å². The van der Waals surface area contributed by atoms with Gasteiger partial charge in [0.25, 0.3) is 0 Å². The van der Waals surface area contributed by atoms with Crippen molar-refractivity contribution in [3.8, 4) is 0 Å². The number of hydrogen-bond acceptors (Lipinski definition) is 3. The lowest BCUT2D eigenvalue weighted by molar-refractivity contribution is -0.113. The van der Waals surface area contributed by atoms with E-state index >= 15 is 0 Å². The van der Waals surface area contributed by atoms with Gasteiger partial charge in [-0.25, -0.2) is 0 Å². The normalized spacial score (nSPS) is 16.3. The number of anilines is 2. The fraction of sp³-hybridized carbons (Fsp3) is 0.533. The molecule has 0 aliphatic heterocycles. The summed E-state index contributed by atoms with van der Waals surface area (Å²) in [6.07, 6.45) is 6.50. The molecule has 1 aromatic rings. The zero-order valence-corrected chi connectivity index (χ0v) is 12.3. The summed E-state index contributed by atoms with van der Waals surface area (Å²) >= 11 is 1.79. The van der Waals surface area contributed by atoms with Crippen LogP contribution in [0, 0.1) is 6.92 Å². The first-order chi connectivity index (χ1) is 9.15. The smallest absolute Gasteiger partial charge is 0.234 e. The van der Waals surface area contributed by atoms with Gasteiger partial charge in [0.05, 0.1) is 5.75 Å². The molecule has 1 saturated carbocycles. The SMILES string of the molecule is Cc1ccc(NC(=O)CSC2CCCCC2)cc1N. The van der Waals surface area contributed by atoms with Crippen LogP contribution in [0.1, 0.15) is 37.7 Å². The van der Waals surface area contributed by atoms with Crippen molar-refractivity contribution >= 4 is 29.0 Å². The van der Waals surface area contributed by atoms with Crippen molar-refractivity contribution < 1.29 is 4.79 Å². The van der Waals surface area contributed by atoms with Gasteiger partial charge < -0.3 is 11.1 Å². The molecule has 0 radical (unpaired) electrons. The molecule has 0 atom stereocenters. The molecule has 2 rings (SSSR count). The van der Waals surface area contributed by atoms with Gasteiger partial charge in [-0.15, -0.1) is 11.8 Å². The monoisotopic (exact) mass is 278 g/mol. The Bertz CT molecular complexity index is 442. The summed E-state index contributed by atoms with van der Waals surface area (Å²) in [6.45, 7) is 1.96. The molecular weight excluding hydrogens is 256 g/mol. The highest BCUT2D eigenvalue weighted by Gasteiger charge is 2.15. The standard InChI is InChI=1S/C15H22N2OS/c1-11-7-8-12(9-14(11)16)17-15(18)10-19-13-5-3-2-4-6-13/h7-9,13H,2-6,10,16H2,1H3,(H,17,18). The Hall–Kier alpha value is -1.16. The van der Waals surface area contributed by atoms with Crippen LogP contribution in [0.4, 0.5) is 11.4 Å². The van der Waals surface area contributed by atoms with Crippen molar-refractivity contribution in [1.29, 1.82) is 0 Å². The topological polar surface area (TPSA) is 55.1 Å². The molecule has 1 aromatic carbocycles. The lowest BCUT2D eigenvalue weighted by atomic mass is 10.0. The Kier molecular flexibility index (Phi) is 5.14. The van der Waals surface area contributed by atoms with Crippen LogP contribution in [0.2, 0.25) is 0 Å². The number of carbonyl (C=O) groups excluding carboxylic acids is 1. The molecule has 0 bridgehead atoms. The number of rotatable bonds is 4. The molecule has 3 N–H and O–H groups in total. The van der Waals surface area contributed by atoms with Crippen molar-refractivity contribution in [2.75, 3.05) is 16.8 Å². The van der Waals surface area contributed by atoms with E-state index in [0.717, 1.165) is 16.9 Å². The number of nitrogen functional groups attached to an aromatic ring is 1. The van der Waals surface area contributed by atoms with Crippen LogP contribution >= 0.6 is 11.8 Å². The lowest BCUT2D eigenvalue weighted by Gasteiger charge is -2.20. The largest absolute Gasteiger partial charge is 0.398 e. The predicted octanol–water partition coefficient (Wildman–Crippen LogP) is 3.58. The molecule has 1 aliphatic carbocycles. The van der Waals surface area contributed by atoms with Crippen molar-refractivity contribution in [2.45, 2.75) is 44.3 Å². The summed E-state index contributed by atoms with van der Waals surface area (Å²) in [7, 11) is 0. The number of aryl methyl sites for hydroxylation is 1. The maximum atomic E-state index is 11.9. The maximum Gasteiger partial charge on any atom is 0.234 e. The third-order valence-corrected chi connectivity index (χ3v) is 4.94. The third-order valence-electron chi connectivity index (χ3n) is 3.57. The quantitative estimate of drug-likeness (QED) is 0.828. The molecule has 0 spiro atoms. The van der Waals surface area contributed by atoms with E-state index in [1.165, 1.54) is 32.1 Å². The Balaban J connectivity index is 1.78. The van der Waals surface area contributed by atoms with Crippen LogP contribution in [-0.4, -0.2) is 16.9 Å². The zero-order valence-electron chi connectivity index (χ0n) is 11.4. The fourth-order valence-electron chi connectivity index (χ4n) is 2.34. The van der Waals surface area contributed by atoms with Crippen LogP contribution < -0.4 is 11.1 Å². The molecule has 4 heteroatoms. The first-order valence-electron chi connectivity index (χ1n) is 6.93. The molecule has 0 saturated heterocycles. The highest BCUT2D eigenvalue weighted by molar-refractivity contribution is 8.00. The molecule has 19 heavy (non-hydrogen) atoms. The average molecular weight is 278 g/mol. The van der Waals surface area contributed by atoms with E-state index in [9.17, 15) is 4.79 Å². The summed E-state index contributed by atoms with van der Waals surface area (Å²) in [4.78, 5) is 11.9. The first-order valence-corrected chi connectivity index (χ1v) is 7.97. The summed E-state index contributed by atoms with van der Waals surface area (Å²) in [6, 6.07) is 5.65. The van der Waals surface area contributed by atoms with Crippen molar-refractivity contribution in [1.82, 2.24) is 0 Å². The summed E-state index contributed by atoms with van der Waals surface area (Å²) < 4.78 is 0. The van der Waals surface area contributed by atoms with Gasteiger partial charge in [0.1, 0.15) is 0 Å². The number of benzene rings is 1. The second-order valence-electron chi connectivity index (χ2n) is 5.19. The molecule has 1 amide bonds. The maximum absolute atomic E-state index is 11.9.